The van der Waals surface area contributed by atoms with Gasteiger partial charge < -0.3 is 41.7 Å². The highest BCUT2D eigenvalue weighted by Crippen LogP contribution is 2.57. The lowest BCUT2D eigenvalue weighted by atomic mass is 9.54. The Morgan fingerprint density at radius 1 is 1.14 bits per heavy atom. The molecule has 0 spiro atoms. The molecule has 0 heterocycles. The fraction of sp³-hybridized carbons (Fsp3) is 0.517. The number of carbonyl (C=O) groups excluding carboxylic acids is 3. The molecule has 0 radical (unpaired) electrons. The lowest BCUT2D eigenvalue weighted by Gasteiger charge is -2.53. The van der Waals surface area contributed by atoms with Crippen molar-refractivity contribution in [3.63, 3.8) is 0 Å². The van der Waals surface area contributed by atoms with E-state index in [-0.39, 0.29) is 30.6 Å². The Morgan fingerprint density at radius 3 is 2.44 bits per heavy atom. The summed E-state index contributed by atoms with van der Waals surface area (Å²) in [5.41, 5.74) is -0.436. The van der Waals surface area contributed by atoms with Gasteiger partial charge in [0.2, 0.25) is 5.78 Å². The number of benzene rings is 1. The standard InChI is InChI=1S/C29H38N4O10/c1-28(42)13-7-6-9-17(34)18(13)22(35)19-14(28)11-15-21(33(2)3)23(36)20(25(38)29(15,43)24(19)37)26(39)32-12-31-10-5-4-8-16(30)27(40)41/h6-7,9,14-16,21,31,34-35,38,42-43H,4-5,8,10-12,30H2,1-3H3,(H,32,39)(H,40,41)/t14?,15?,16?,21?,28-,29+/m1/s1. The lowest BCUT2D eigenvalue weighted by Crippen LogP contribution is -2.67. The molecule has 1 aromatic carbocycles. The molecular formula is C29H38N4O10. The Bertz CT molecular complexity index is 1420. The molecule has 43 heavy (non-hydrogen) atoms. The van der Waals surface area contributed by atoms with Crippen molar-refractivity contribution in [2.24, 2.45) is 17.6 Å². The smallest absolute Gasteiger partial charge is 0.320 e. The first kappa shape index (κ1) is 32.1. The Labute approximate surface area is 247 Å². The lowest BCUT2D eigenvalue weighted by molar-refractivity contribution is -0.159. The average molecular weight is 603 g/mol. The normalized spacial score (nSPS) is 29.2. The zero-order valence-corrected chi connectivity index (χ0v) is 24.1. The molecule has 0 bridgehead atoms. The number of amides is 1. The van der Waals surface area contributed by atoms with Gasteiger partial charge in [-0.25, -0.2) is 0 Å². The molecule has 10 N–H and O–H groups in total. The zero-order valence-electron chi connectivity index (χ0n) is 24.1. The number of likely N-dealkylation sites (N-methyl/N-ethyl adjacent to an activating group) is 1. The van der Waals surface area contributed by atoms with Crippen LogP contribution in [0.4, 0.5) is 0 Å². The summed E-state index contributed by atoms with van der Waals surface area (Å²) in [6.45, 7) is 1.63. The number of carboxylic acid groups (broad SMARTS) is 1. The van der Waals surface area contributed by atoms with E-state index in [0.29, 0.717) is 19.4 Å². The van der Waals surface area contributed by atoms with Crippen LogP contribution in [0.1, 0.15) is 43.7 Å². The number of rotatable bonds is 10. The third-order valence-corrected chi connectivity index (χ3v) is 8.81. The number of fused-ring (bicyclic) bond motifs is 3. The first-order valence-electron chi connectivity index (χ1n) is 14.0. The van der Waals surface area contributed by atoms with Crippen molar-refractivity contribution in [3.05, 3.63) is 46.2 Å². The van der Waals surface area contributed by atoms with E-state index < -0.39 is 87.0 Å². The second-order valence-corrected chi connectivity index (χ2v) is 11.7. The number of nitrogens with one attached hydrogen (secondary N) is 2. The maximum Gasteiger partial charge on any atom is 0.320 e. The van der Waals surface area contributed by atoms with Crippen LogP contribution in [-0.4, -0.2) is 104 Å². The number of aliphatic hydroxyl groups is 4. The van der Waals surface area contributed by atoms with Crippen molar-refractivity contribution in [2.45, 2.75) is 55.9 Å². The topological polar surface area (TPSA) is 243 Å². The van der Waals surface area contributed by atoms with Crippen LogP contribution in [0.3, 0.4) is 0 Å². The highest BCUT2D eigenvalue weighted by Gasteiger charge is 2.66. The maximum atomic E-state index is 14.1. The number of nitrogens with zero attached hydrogens (tertiary/aromatic N) is 1. The number of carboxylic acids is 1. The van der Waals surface area contributed by atoms with Crippen molar-refractivity contribution in [3.8, 4) is 5.75 Å². The first-order chi connectivity index (χ1) is 20.1. The molecule has 1 amide bonds. The van der Waals surface area contributed by atoms with Crippen LogP contribution >= 0.6 is 0 Å². The van der Waals surface area contributed by atoms with E-state index in [4.69, 9.17) is 10.8 Å². The summed E-state index contributed by atoms with van der Waals surface area (Å²) >= 11 is 0. The van der Waals surface area contributed by atoms with Gasteiger partial charge in [-0.3, -0.25) is 29.4 Å². The molecule has 1 saturated carbocycles. The minimum Gasteiger partial charge on any atom is -0.508 e. The number of phenols is 1. The molecule has 14 nitrogen and oxygen atoms in total. The molecule has 4 unspecified atom stereocenters. The third-order valence-electron chi connectivity index (χ3n) is 8.81. The summed E-state index contributed by atoms with van der Waals surface area (Å²) in [6.07, 6.45) is 1.10. The number of phenolic OH excluding ortho intramolecular Hbond substituents is 1. The number of hydrogen-bond acceptors (Lipinski definition) is 12. The van der Waals surface area contributed by atoms with Crippen molar-refractivity contribution >= 4 is 29.2 Å². The highest BCUT2D eigenvalue weighted by molar-refractivity contribution is 6.25. The average Bonchev–Trinajstić information content (AvgIpc) is 2.92. The summed E-state index contributed by atoms with van der Waals surface area (Å²) in [5, 5.41) is 70.6. The van der Waals surface area contributed by atoms with E-state index in [1.54, 1.807) is 0 Å². The number of nitrogens with two attached hydrogens (primary N) is 1. The minimum atomic E-state index is -2.80. The Morgan fingerprint density at radius 2 is 1.81 bits per heavy atom. The summed E-state index contributed by atoms with van der Waals surface area (Å²) in [5.74, 6) is -8.84. The van der Waals surface area contributed by atoms with Crippen molar-refractivity contribution in [1.82, 2.24) is 15.5 Å². The van der Waals surface area contributed by atoms with Crippen molar-refractivity contribution < 1.29 is 49.8 Å². The number of aliphatic carboxylic acids is 1. The number of aromatic hydroxyl groups is 1. The molecule has 1 aromatic rings. The molecule has 1 fully saturated rings. The van der Waals surface area contributed by atoms with Gasteiger partial charge in [-0.05, 0) is 58.5 Å². The highest BCUT2D eigenvalue weighted by atomic mass is 16.4. The Balaban J connectivity index is 1.64. The second kappa shape index (κ2) is 11.7. The molecule has 6 atom stereocenters. The molecule has 14 heteroatoms. The summed E-state index contributed by atoms with van der Waals surface area (Å²) in [4.78, 5) is 53.1. The van der Waals surface area contributed by atoms with Gasteiger partial charge in [0.1, 0.15) is 28.9 Å². The predicted molar refractivity (Wildman–Crippen MR) is 151 cm³/mol. The molecule has 3 aliphatic rings. The van der Waals surface area contributed by atoms with E-state index in [0.717, 1.165) is 0 Å². The van der Waals surface area contributed by atoms with Crippen LogP contribution in [0.25, 0.3) is 5.76 Å². The quantitative estimate of drug-likeness (QED) is 0.0923. The van der Waals surface area contributed by atoms with Crippen molar-refractivity contribution in [2.75, 3.05) is 27.3 Å². The largest absolute Gasteiger partial charge is 0.508 e. The summed E-state index contributed by atoms with van der Waals surface area (Å²) in [7, 11) is 3.02. The van der Waals surface area contributed by atoms with E-state index in [2.05, 4.69) is 10.6 Å². The Kier molecular flexibility index (Phi) is 8.73. The molecule has 3 aliphatic carbocycles. The monoisotopic (exact) mass is 602 g/mol. The van der Waals surface area contributed by atoms with E-state index in [9.17, 15) is 44.7 Å². The van der Waals surface area contributed by atoms with Crippen LogP contribution in [-0.2, 0) is 24.8 Å². The van der Waals surface area contributed by atoms with E-state index in [1.807, 2.05) is 0 Å². The SMILES string of the molecule is CN(C)C1C(=O)C(C(=O)NCNCCCCC(N)C(=O)O)=C(O)[C@@]2(O)C(=O)C3=C(O)c4c(O)cccc4[C@@](C)(O)C3CC12. The van der Waals surface area contributed by atoms with Gasteiger partial charge in [-0.1, -0.05) is 18.6 Å². The van der Waals surface area contributed by atoms with Crippen LogP contribution in [0, 0.1) is 11.8 Å². The summed E-state index contributed by atoms with van der Waals surface area (Å²) in [6, 6.07) is 1.99. The first-order valence-corrected chi connectivity index (χ1v) is 14.0. The van der Waals surface area contributed by atoms with Crippen LogP contribution in [0.15, 0.2) is 35.1 Å². The Hall–Kier alpha value is -3.82. The van der Waals surface area contributed by atoms with Gasteiger partial charge >= 0.3 is 5.97 Å². The number of aliphatic hydroxyl groups excluding tert-OH is 2. The number of carbonyl (C=O) groups is 4. The van der Waals surface area contributed by atoms with Gasteiger partial charge in [0.15, 0.2) is 11.4 Å². The van der Waals surface area contributed by atoms with Crippen LogP contribution in [0.5, 0.6) is 5.75 Å². The molecule has 234 valence electrons. The number of hydrogen-bond donors (Lipinski definition) is 9. The van der Waals surface area contributed by atoms with E-state index >= 15 is 0 Å². The minimum absolute atomic E-state index is 0.150. The van der Waals surface area contributed by atoms with Gasteiger partial charge in [-0.2, -0.15) is 0 Å². The maximum absolute atomic E-state index is 14.1. The van der Waals surface area contributed by atoms with Crippen LogP contribution in [0.2, 0.25) is 0 Å². The fourth-order valence-electron chi connectivity index (χ4n) is 6.54. The molecule has 0 aliphatic heterocycles. The molecule has 0 aromatic heterocycles. The third kappa shape index (κ3) is 5.18. The van der Waals surface area contributed by atoms with Crippen molar-refractivity contribution in [1.29, 1.82) is 0 Å². The van der Waals surface area contributed by atoms with Gasteiger partial charge in [0.05, 0.1) is 23.9 Å². The number of Topliss-reactive ketones (excluding diaryl/α,β-unsaturated/α-hetero) is 2. The fourth-order valence-corrected chi connectivity index (χ4v) is 6.54. The number of unbranched alkanes of at least 4 members (excludes halogenated alkanes) is 1. The van der Waals surface area contributed by atoms with Gasteiger partial charge in [0.25, 0.3) is 5.91 Å². The van der Waals surface area contributed by atoms with Gasteiger partial charge in [-0.15, -0.1) is 0 Å². The number of ketones is 2. The molecule has 0 saturated heterocycles. The van der Waals surface area contributed by atoms with Gasteiger partial charge in [0, 0.05) is 17.4 Å². The predicted octanol–water partition coefficient (Wildman–Crippen LogP) is -0.611. The van der Waals surface area contributed by atoms with Crippen LogP contribution < -0.4 is 16.4 Å². The zero-order chi connectivity index (χ0) is 32.0. The molecular weight excluding hydrogens is 564 g/mol. The summed E-state index contributed by atoms with van der Waals surface area (Å²) < 4.78 is 0. The van der Waals surface area contributed by atoms with E-state index in [1.165, 1.54) is 44.1 Å². The molecule has 4 rings (SSSR count). The second-order valence-electron chi connectivity index (χ2n) is 11.7.